The number of halogens is 1. The predicted molar refractivity (Wildman–Crippen MR) is 89.9 cm³/mol. The van der Waals surface area contributed by atoms with Gasteiger partial charge in [-0.25, -0.2) is 0 Å². The van der Waals surface area contributed by atoms with E-state index in [-0.39, 0.29) is 5.91 Å². The summed E-state index contributed by atoms with van der Waals surface area (Å²) in [6, 6.07) is 15.3. The van der Waals surface area contributed by atoms with E-state index >= 15 is 0 Å². The molecule has 1 aliphatic heterocycles. The Balaban J connectivity index is 1.63. The summed E-state index contributed by atoms with van der Waals surface area (Å²) >= 11 is 5.89. The lowest BCUT2D eigenvalue weighted by Crippen LogP contribution is -2.50. The lowest BCUT2D eigenvalue weighted by Gasteiger charge is -2.35. The Morgan fingerprint density at radius 2 is 1.68 bits per heavy atom. The minimum atomic E-state index is 0.137. The van der Waals surface area contributed by atoms with E-state index in [2.05, 4.69) is 4.90 Å². The number of nitrogen functional groups attached to an aromatic ring is 1. The molecule has 1 saturated heterocycles. The van der Waals surface area contributed by atoms with Crippen LogP contribution in [0, 0.1) is 0 Å². The number of benzene rings is 2. The van der Waals surface area contributed by atoms with Crippen LogP contribution in [-0.4, -0.2) is 30.4 Å². The van der Waals surface area contributed by atoms with Crippen molar-refractivity contribution in [3.05, 3.63) is 59.1 Å². The van der Waals surface area contributed by atoms with Gasteiger partial charge in [-0.3, -0.25) is 4.79 Å². The Morgan fingerprint density at radius 1 is 1.00 bits per heavy atom. The number of carbonyl (C=O) groups excluding carboxylic acids is 1. The van der Waals surface area contributed by atoms with Crippen molar-refractivity contribution < 1.29 is 4.79 Å². The summed E-state index contributed by atoms with van der Waals surface area (Å²) in [5, 5.41) is 0.711. The van der Waals surface area contributed by atoms with Crippen molar-refractivity contribution in [2.75, 3.05) is 30.3 Å². The molecule has 1 heterocycles. The summed E-state index contributed by atoms with van der Waals surface area (Å²) in [5.74, 6) is 0.137. The fourth-order valence-corrected chi connectivity index (χ4v) is 2.72. The van der Waals surface area contributed by atoms with Crippen LogP contribution in [-0.2, 0) is 11.3 Å². The van der Waals surface area contributed by atoms with Gasteiger partial charge in [-0.05, 0) is 42.0 Å². The van der Waals surface area contributed by atoms with Crippen LogP contribution in [0.1, 0.15) is 5.56 Å². The molecule has 0 radical (unpaired) electrons. The maximum Gasteiger partial charge on any atom is 0.242 e. The SMILES string of the molecule is Nc1ccc(N2CCN(Cc3ccc(Cl)cc3)C(=O)C2)cc1. The van der Waals surface area contributed by atoms with Gasteiger partial charge < -0.3 is 15.5 Å². The molecule has 0 aromatic heterocycles. The molecule has 22 heavy (non-hydrogen) atoms. The third-order valence-electron chi connectivity index (χ3n) is 3.86. The highest BCUT2D eigenvalue weighted by atomic mass is 35.5. The van der Waals surface area contributed by atoms with Crippen LogP contribution in [0.3, 0.4) is 0 Å². The van der Waals surface area contributed by atoms with Crippen molar-refractivity contribution >= 4 is 28.9 Å². The Labute approximate surface area is 135 Å². The zero-order valence-corrected chi connectivity index (χ0v) is 13.0. The van der Waals surface area contributed by atoms with E-state index in [0.717, 1.165) is 23.5 Å². The third-order valence-corrected chi connectivity index (χ3v) is 4.12. The van der Waals surface area contributed by atoms with Gasteiger partial charge in [0.1, 0.15) is 0 Å². The second-order valence-corrected chi connectivity index (χ2v) is 5.89. The Kier molecular flexibility index (Phi) is 4.20. The molecule has 0 saturated carbocycles. The van der Waals surface area contributed by atoms with Crippen molar-refractivity contribution in [1.82, 2.24) is 4.90 Å². The molecule has 5 heteroatoms. The van der Waals surface area contributed by atoms with Crippen molar-refractivity contribution in [2.24, 2.45) is 0 Å². The molecule has 4 nitrogen and oxygen atoms in total. The van der Waals surface area contributed by atoms with Crippen LogP contribution in [0.4, 0.5) is 11.4 Å². The number of carbonyl (C=O) groups is 1. The molecule has 0 aliphatic carbocycles. The minimum absolute atomic E-state index is 0.137. The average Bonchev–Trinajstić information content (AvgIpc) is 2.52. The molecule has 2 N–H and O–H groups in total. The maximum atomic E-state index is 12.3. The molecule has 1 amide bonds. The van der Waals surface area contributed by atoms with Gasteiger partial charge in [-0.15, -0.1) is 0 Å². The van der Waals surface area contributed by atoms with Crippen molar-refractivity contribution in [1.29, 1.82) is 0 Å². The minimum Gasteiger partial charge on any atom is -0.399 e. The summed E-state index contributed by atoms with van der Waals surface area (Å²) in [4.78, 5) is 16.3. The molecule has 0 unspecified atom stereocenters. The normalized spacial score (nSPS) is 15.2. The molecule has 0 atom stereocenters. The van der Waals surface area contributed by atoms with Crippen molar-refractivity contribution in [3.8, 4) is 0 Å². The molecular formula is C17H18ClN3O. The second kappa shape index (κ2) is 6.28. The zero-order valence-electron chi connectivity index (χ0n) is 12.2. The summed E-state index contributed by atoms with van der Waals surface area (Å²) < 4.78 is 0. The standard InChI is InChI=1S/C17H18ClN3O/c18-14-3-1-13(2-4-14)11-21-10-9-20(12-17(21)22)16-7-5-15(19)6-8-16/h1-8H,9-12,19H2. The van der Waals surface area contributed by atoms with Crippen LogP contribution in [0.25, 0.3) is 0 Å². The molecule has 3 rings (SSSR count). The highest BCUT2D eigenvalue weighted by Gasteiger charge is 2.24. The van der Waals surface area contributed by atoms with E-state index in [1.54, 1.807) is 0 Å². The quantitative estimate of drug-likeness (QED) is 0.886. The van der Waals surface area contributed by atoms with Gasteiger partial charge >= 0.3 is 0 Å². The highest BCUT2D eigenvalue weighted by molar-refractivity contribution is 6.30. The first-order valence-electron chi connectivity index (χ1n) is 7.24. The van der Waals surface area contributed by atoms with Crippen LogP contribution in [0.2, 0.25) is 5.02 Å². The van der Waals surface area contributed by atoms with E-state index in [4.69, 9.17) is 17.3 Å². The fraction of sp³-hybridized carbons (Fsp3) is 0.235. The van der Waals surface area contributed by atoms with Gasteiger partial charge in [-0.1, -0.05) is 23.7 Å². The van der Waals surface area contributed by atoms with E-state index < -0.39 is 0 Å². The van der Waals surface area contributed by atoms with E-state index in [9.17, 15) is 4.79 Å². The van der Waals surface area contributed by atoms with E-state index in [1.807, 2.05) is 53.4 Å². The number of amides is 1. The lowest BCUT2D eigenvalue weighted by molar-refractivity contribution is -0.131. The summed E-state index contributed by atoms with van der Waals surface area (Å²) in [6.07, 6.45) is 0. The van der Waals surface area contributed by atoms with E-state index in [0.29, 0.717) is 24.7 Å². The van der Waals surface area contributed by atoms with E-state index in [1.165, 1.54) is 0 Å². The monoisotopic (exact) mass is 315 g/mol. The third kappa shape index (κ3) is 3.34. The topological polar surface area (TPSA) is 49.6 Å². The van der Waals surface area contributed by atoms with Crippen LogP contribution >= 0.6 is 11.6 Å². The highest BCUT2D eigenvalue weighted by Crippen LogP contribution is 2.20. The van der Waals surface area contributed by atoms with Crippen LogP contribution < -0.4 is 10.6 Å². The smallest absolute Gasteiger partial charge is 0.242 e. The molecule has 2 aromatic rings. The van der Waals surface area contributed by atoms with Gasteiger partial charge in [-0.2, -0.15) is 0 Å². The first-order chi connectivity index (χ1) is 10.6. The number of rotatable bonds is 3. The Morgan fingerprint density at radius 3 is 2.32 bits per heavy atom. The number of nitrogens with zero attached hydrogens (tertiary/aromatic N) is 2. The van der Waals surface area contributed by atoms with Gasteiger partial charge in [0.15, 0.2) is 0 Å². The van der Waals surface area contributed by atoms with Gasteiger partial charge in [0.05, 0.1) is 6.54 Å². The first kappa shape index (κ1) is 14.7. The first-order valence-corrected chi connectivity index (χ1v) is 7.62. The number of hydrogen-bond donors (Lipinski definition) is 1. The summed E-state index contributed by atoms with van der Waals surface area (Å²) in [6.45, 7) is 2.57. The Hall–Kier alpha value is -2.20. The average molecular weight is 316 g/mol. The van der Waals surface area contributed by atoms with Gasteiger partial charge in [0, 0.05) is 36.0 Å². The Bertz CT molecular complexity index is 655. The largest absolute Gasteiger partial charge is 0.399 e. The number of nitrogens with two attached hydrogens (primary N) is 1. The van der Waals surface area contributed by atoms with Crippen molar-refractivity contribution in [2.45, 2.75) is 6.54 Å². The molecule has 1 aliphatic rings. The van der Waals surface area contributed by atoms with Crippen LogP contribution in [0.15, 0.2) is 48.5 Å². The second-order valence-electron chi connectivity index (χ2n) is 5.45. The van der Waals surface area contributed by atoms with Crippen molar-refractivity contribution in [3.63, 3.8) is 0 Å². The van der Waals surface area contributed by atoms with Gasteiger partial charge in [0.2, 0.25) is 5.91 Å². The predicted octanol–water partition coefficient (Wildman–Crippen LogP) is 2.77. The van der Waals surface area contributed by atoms with Gasteiger partial charge in [0.25, 0.3) is 0 Å². The maximum absolute atomic E-state index is 12.3. The number of hydrogen-bond acceptors (Lipinski definition) is 3. The fourth-order valence-electron chi connectivity index (χ4n) is 2.59. The number of piperazine rings is 1. The molecule has 0 spiro atoms. The molecule has 0 bridgehead atoms. The molecular weight excluding hydrogens is 298 g/mol. The summed E-state index contributed by atoms with van der Waals surface area (Å²) in [7, 11) is 0. The number of anilines is 2. The summed E-state index contributed by atoms with van der Waals surface area (Å²) in [5.41, 5.74) is 8.56. The zero-order chi connectivity index (χ0) is 15.5. The van der Waals surface area contributed by atoms with Crippen LogP contribution in [0.5, 0.6) is 0 Å². The lowest BCUT2D eigenvalue weighted by atomic mass is 10.2. The molecule has 2 aromatic carbocycles. The molecule has 114 valence electrons. The molecule has 1 fully saturated rings.